The van der Waals surface area contributed by atoms with Crippen LogP contribution in [0, 0.1) is 5.21 Å². The van der Waals surface area contributed by atoms with Crippen molar-refractivity contribution >= 4 is 0 Å². The van der Waals surface area contributed by atoms with Crippen molar-refractivity contribution in [3.63, 3.8) is 0 Å². The third kappa shape index (κ3) is 2.47. The smallest absolute Gasteiger partial charge is 0.223 e. The normalized spacial score (nSPS) is 11.5. The Morgan fingerprint density at radius 2 is 1.59 bits per heavy atom. The molecule has 0 bridgehead atoms. The quantitative estimate of drug-likeness (QED) is 0.542. The van der Waals surface area contributed by atoms with E-state index in [0.29, 0.717) is 5.69 Å². The molecule has 0 fully saturated rings. The van der Waals surface area contributed by atoms with E-state index in [1.54, 1.807) is 6.07 Å². The van der Waals surface area contributed by atoms with Gasteiger partial charge in [-0.1, -0.05) is 32.9 Å². The van der Waals surface area contributed by atoms with Gasteiger partial charge in [-0.3, -0.25) is 0 Å². The van der Waals surface area contributed by atoms with Gasteiger partial charge in [-0.2, -0.15) is 4.73 Å². The monoisotopic (exact) mass is 227 g/mol. The van der Waals surface area contributed by atoms with Gasteiger partial charge < -0.3 is 5.21 Å². The Morgan fingerprint density at radius 3 is 2.12 bits per heavy atom. The molecule has 0 aliphatic carbocycles. The van der Waals surface area contributed by atoms with Crippen LogP contribution in [-0.2, 0) is 5.41 Å². The Balaban J connectivity index is 2.40. The van der Waals surface area contributed by atoms with Crippen LogP contribution in [-0.4, -0.2) is 0 Å². The molecule has 17 heavy (non-hydrogen) atoms. The summed E-state index contributed by atoms with van der Waals surface area (Å²) in [5, 5.41) is 11.6. The molecule has 0 amide bonds. The molecule has 0 spiro atoms. The van der Waals surface area contributed by atoms with Crippen molar-refractivity contribution in [1.29, 1.82) is 0 Å². The van der Waals surface area contributed by atoms with Crippen molar-refractivity contribution in [2.45, 2.75) is 26.2 Å². The molecule has 2 nitrogen and oxygen atoms in total. The number of rotatable bonds is 1. The molecule has 2 heteroatoms. The third-order valence-electron chi connectivity index (χ3n) is 2.87. The number of hydrogen-bond donors (Lipinski definition) is 0. The zero-order chi connectivity index (χ0) is 12.5. The topological polar surface area (TPSA) is 26.9 Å². The van der Waals surface area contributed by atoms with E-state index in [1.807, 2.05) is 24.3 Å². The van der Waals surface area contributed by atoms with Crippen molar-refractivity contribution in [2.24, 2.45) is 0 Å². The summed E-state index contributed by atoms with van der Waals surface area (Å²) in [4.78, 5) is 0. The van der Waals surface area contributed by atoms with Gasteiger partial charge >= 0.3 is 0 Å². The van der Waals surface area contributed by atoms with Gasteiger partial charge in [0.25, 0.3) is 0 Å². The predicted octanol–water partition coefficient (Wildman–Crippen LogP) is 3.28. The maximum Gasteiger partial charge on any atom is 0.223 e. The Kier molecular flexibility index (Phi) is 2.88. The molecule has 1 heterocycles. The van der Waals surface area contributed by atoms with Crippen molar-refractivity contribution < 1.29 is 4.73 Å². The van der Waals surface area contributed by atoms with Crippen LogP contribution in [0.15, 0.2) is 48.7 Å². The standard InChI is InChI=1S/C15H17NO/c1-15(2,3)13-9-7-12(8-10-13)14-6-4-5-11-16(14)17/h4-11H,1-3H3. The molecular formula is C15H17NO. The minimum atomic E-state index is 0.142. The Bertz CT molecular complexity index is 509. The average Bonchev–Trinajstić information content (AvgIpc) is 2.29. The summed E-state index contributed by atoms with van der Waals surface area (Å²) in [5.74, 6) is 0. The number of hydrogen-bond acceptors (Lipinski definition) is 1. The lowest BCUT2D eigenvalue weighted by Gasteiger charge is -2.18. The van der Waals surface area contributed by atoms with Gasteiger partial charge in [-0.15, -0.1) is 0 Å². The lowest BCUT2D eigenvalue weighted by molar-refractivity contribution is -0.593. The van der Waals surface area contributed by atoms with Crippen LogP contribution in [0.1, 0.15) is 26.3 Å². The Hall–Kier alpha value is -1.83. The highest BCUT2D eigenvalue weighted by Crippen LogP contribution is 2.24. The summed E-state index contributed by atoms with van der Waals surface area (Å²) in [5.41, 5.74) is 3.05. The highest BCUT2D eigenvalue weighted by molar-refractivity contribution is 5.56. The zero-order valence-electron chi connectivity index (χ0n) is 10.5. The first-order valence-electron chi connectivity index (χ1n) is 5.77. The highest BCUT2D eigenvalue weighted by atomic mass is 16.5. The third-order valence-corrected chi connectivity index (χ3v) is 2.87. The zero-order valence-corrected chi connectivity index (χ0v) is 10.5. The van der Waals surface area contributed by atoms with Crippen molar-refractivity contribution in [2.75, 3.05) is 0 Å². The van der Waals surface area contributed by atoms with Crippen LogP contribution in [0.2, 0.25) is 0 Å². The summed E-state index contributed by atoms with van der Waals surface area (Å²) in [7, 11) is 0. The maximum absolute atomic E-state index is 11.6. The van der Waals surface area contributed by atoms with Crippen molar-refractivity contribution in [3.8, 4) is 11.3 Å². The fraction of sp³-hybridized carbons (Fsp3) is 0.267. The van der Waals surface area contributed by atoms with E-state index < -0.39 is 0 Å². The van der Waals surface area contributed by atoms with Crippen molar-refractivity contribution in [1.82, 2.24) is 0 Å². The molecular weight excluding hydrogens is 210 g/mol. The largest absolute Gasteiger partial charge is 0.618 e. The molecule has 0 saturated heterocycles. The van der Waals surface area contributed by atoms with Crippen LogP contribution >= 0.6 is 0 Å². The lowest BCUT2D eigenvalue weighted by Crippen LogP contribution is -2.27. The maximum atomic E-state index is 11.6. The predicted molar refractivity (Wildman–Crippen MR) is 69.5 cm³/mol. The molecule has 0 aliphatic heterocycles. The van der Waals surface area contributed by atoms with Crippen LogP contribution in [0.3, 0.4) is 0 Å². The molecule has 1 aromatic carbocycles. The van der Waals surface area contributed by atoms with E-state index in [-0.39, 0.29) is 5.41 Å². The fourth-order valence-corrected chi connectivity index (χ4v) is 1.79. The van der Waals surface area contributed by atoms with Crippen LogP contribution < -0.4 is 4.73 Å². The SMILES string of the molecule is CC(C)(C)c1ccc(-c2cccc[n+]2[O-])cc1. The molecule has 0 aliphatic rings. The summed E-state index contributed by atoms with van der Waals surface area (Å²) in [6.07, 6.45) is 1.52. The molecule has 0 unspecified atom stereocenters. The van der Waals surface area contributed by atoms with E-state index >= 15 is 0 Å². The van der Waals surface area contributed by atoms with Gasteiger partial charge in [0.2, 0.25) is 5.69 Å². The van der Waals surface area contributed by atoms with E-state index in [1.165, 1.54) is 11.8 Å². The van der Waals surface area contributed by atoms with Gasteiger partial charge in [0.05, 0.1) is 0 Å². The van der Waals surface area contributed by atoms with Gasteiger partial charge in [-0.05, 0) is 29.2 Å². The second-order valence-electron chi connectivity index (χ2n) is 5.24. The van der Waals surface area contributed by atoms with Crippen LogP contribution in [0.4, 0.5) is 0 Å². The molecule has 0 radical (unpaired) electrons. The Morgan fingerprint density at radius 1 is 0.941 bits per heavy atom. The molecule has 0 N–H and O–H groups in total. The lowest BCUT2D eigenvalue weighted by atomic mass is 9.86. The van der Waals surface area contributed by atoms with Crippen molar-refractivity contribution in [3.05, 3.63) is 59.4 Å². The first kappa shape index (κ1) is 11.6. The van der Waals surface area contributed by atoms with E-state index in [4.69, 9.17) is 0 Å². The molecule has 88 valence electrons. The minimum absolute atomic E-state index is 0.142. The summed E-state index contributed by atoms with van der Waals surface area (Å²) < 4.78 is 0.895. The van der Waals surface area contributed by atoms with Crippen LogP contribution in [0.25, 0.3) is 11.3 Å². The average molecular weight is 227 g/mol. The van der Waals surface area contributed by atoms with E-state index in [9.17, 15) is 5.21 Å². The molecule has 1 aromatic heterocycles. The molecule has 0 saturated carbocycles. The van der Waals surface area contributed by atoms with Gasteiger partial charge in [0.1, 0.15) is 0 Å². The highest BCUT2D eigenvalue weighted by Gasteiger charge is 2.14. The first-order chi connectivity index (χ1) is 7.98. The van der Waals surface area contributed by atoms with Gasteiger partial charge in [0, 0.05) is 17.7 Å². The number of nitrogens with zero attached hydrogens (tertiary/aromatic N) is 1. The fourth-order valence-electron chi connectivity index (χ4n) is 1.79. The first-order valence-corrected chi connectivity index (χ1v) is 5.77. The van der Waals surface area contributed by atoms with Gasteiger partial charge in [-0.25, -0.2) is 0 Å². The van der Waals surface area contributed by atoms with Gasteiger partial charge in [0.15, 0.2) is 6.20 Å². The second kappa shape index (κ2) is 4.21. The summed E-state index contributed by atoms with van der Waals surface area (Å²) in [6, 6.07) is 13.6. The summed E-state index contributed by atoms with van der Waals surface area (Å²) in [6.45, 7) is 6.54. The van der Waals surface area contributed by atoms with Crippen LogP contribution in [0.5, 0.6) is 0 Å². The molecule has 0 atom stereocenters. The van der Waals surface area contributed by atoms with E-state index in [2.05, 4.69) is 32.9 Å². The number of benzene rings is 1. The van der Waals surface area contributed by atoms with E-state index in [0.717, 1.165) is 10.3 Å². The molecule has 2 rings (SSSR count). The Labute approximate surface area is 102 Å². The number of pyridine rings is 1. The minimum Gasteiger partial charge on any atom is -0.618 e. The second-order valence-corrected chi connectivity index (χ2v) is 5.24. The molecule has 2 aromatic rings. The summed E-state index contributed by atoms with van der Waals surface area (Å²) >= 11 is 0. The number of aromatic nitrogens is 1.